The second kappa shape index (κ2) is 4.90. The Kier molecular flexibility index (Phi) is 3.27. The number of halogens is 2. The van der Waals surface area contributed by atoms with Crippen molar-refractivity contribution in [3.8, 4) is 0 Å². The van der Waals surface area contributed by atoms with Gasteiger partial charge in [-0.25, -0.2) is 4.98 Å². The van der Waals surface area contributed by atoms with Gasteiger partial charge in [-0.1, -0.05) is 17.7 Å². The average Bonchev–Trinajstić information content (AvgIpc) is 2.74. The number of pyridine rings is 1. The molecule has 18 heavy (non-hydrogen) atoms. The molecule has 0 radical (unpaired) electrons. The quantitative estimate of drug-likeness (QED) is 0.817. The minimum Gasteiger partial charge on any atom is -0.376 e. The molecule has 1 aliphatic carbocycles. The second-order valence-corrected chi connectivity index (χ2v) is 5.61. The van der Waals surface area contributed by atoms with Crippen LogP contribution in [-0.4, -0.2) is 4.98 Å². The monoisotopic (exact) mass is 322 g/mol. The molecule has 92 valence electrons. The van der Waals surface area contributed by atoms with Gasteiger partial charge in [0.05, 0.1) is 11.7 Å². The van der Waals surface area contributed by atoms with E-state index in [1.807, 2.05) is 18.2 Å². The summed E-state index contributed by atoms with van der Waals surface area (Å²) < 4.78 is 0.854. The zero-order valence-corrected chi connectivity index (χ0v) is 12.0. The smallest absolute Gasteiger partial charge is 0.129 e. The highest BCUT2D eigenvalue weighted by molar-refractivity contribution is 9.10. The number of aryl methyl sites for hydroxylation is 1. The van der Waals surface area contributed by atoms with Crippen LogP contribution in [0.2, 0.25) is 5.02 Å². The largest absolute Gasteiger partial charge is 0.376 e. The van der Waals surface area contributed by atoms with Crippen LogP contribution in [0.1, 0.15) is 23.6 Å². The van der Waals surface area contributed by atoms with Crippen LogP contribution in [0.15, 0.2) is 41.1 Å². The lowest BCUT2D eigenvalue weighted by molar-refractivity contribution is 0.760. The maximum absolute atomic E-state index is 6.02. The van der Waals surface area contributed by atoms with Crippen molar-refractivity contribution in [1.82, 2.24) is 4.98 Å². The molecule has 1 aliphatic rings. The number of anilines is 1. The van der Waals surface area contributed by atoms with E-state index < -0.39 is 0 Å². The molecule has 1 aromatic carbocycles. The second-order valence-electron chi connectivity index (χ2n) is 4.42. The molecule has 1 atom stereocenters. The Morgan fingerprint density at radius 1 is 1.33 bits per heavy atom. The SMILES string of the molecule is Clc1ccc2c(c1)CCC2Nc1cccnc1Br. The molecule has 4 heteroatoms. The average molecular weight is 324 g/mol. The Morgan fingerprint density at radius 3 is 3.06 bits per heavy atom. The highest BCUT2D eigenvalue weighted by Crippen LogP contribution is 2.36. The number of nitrogens with zero attached hydrogens (tertiary/aromatic N) is 1. The van der Waals surface area contributed by atoms with Crippen LogP contribution < -0.4 is 5.32 Å². The maximum Gasteiger partial charge on any atom is 0.129 e. The first-order chi connectivity index (χ1) is 8.74. The van der Waals surface area contributed by atoms with Gasteiger partial charge >= 0.3 is 0 Å². The lowest BCUT2D eigenvalue weighted by atomic mass is 10.1. The number of aromatic nitrogens is 1. The van der Waals surface area contributed by atoms with Gasteiger partial charge in [0.1, 0.15) is 4.60 Å². The summed E-state index contributed by atoms with van der Waals surface area (Å²) in [5.41, 5.74) is 3.72. The summed E-state index contributed by atoms with van der Waals surface area (Å²) in [6.45, 7) is 0. The molecular weight excluding hydrogens is 312 g/mol. The van der Waals surface area contributed by atoms with Crippen molar-refractivity contribution in [3.63, 3.8) is 0 Å². The minimum absolute atomic E-state index is 0.345. The molecule has 1 aromatic heterocycles. The van der Waals surface area contributed by atoms with Crippen molar-refractivity contribution in [2.45, 2.75) is 18.9 Å². The summed E-state index contributed by atoms with van der Waals surface area (Å²) in [5, 5.41) is 4.35. The molecule has 0 fully saturated rings. The van der Waals surface area contributed by atoms with E-state index in [1.165, 1.54) is 11.1 Å². The molecule has 0 bridgehead atoms. The van der Waals surface area contributed by atoms with Crippen molar-refractivity contribution in [2.75, 3.05) is 5.32 Å². The normalized spacial score (nSPS) is 17.6. The van der Waals surface area contributed by atoms with Gasteiger partial charge in [-0.3, -0.25) is 0 Å². The summed E-state index contributed by atoms with van der Waals surface area (Å²) in [7, 11) is 0. The Balaban J connectivity index is 1.87. The van der Waals surface area contributed by atoms with E-state index in [4.69, 9.17) is 11.6 Å². The molecule has 0 saturated heterocycles. The van der Waals surface area contributed by atoms with Crippen LogP contribution in [-0.2, 0) is 6.42 Å². The third-order valence-corrected chi connectivity index (χ3v) is 4.14. The van der Waals surface area contributed by atoms with Crippen molar-refractivity contribution < 1.29 is 0 Å². The standard InChI is InChI=1S/C14H12BrClN2/c15-14-13(2-1-7-17-14)18-12-6-3-9-8-10(16)4-5-11(9)12/h1-2,4-5,7-8,12,18H,3,6H2. The zero-order chi connectivity index (χ0) is 12.5. The molecule has 1 heterocycles. The molecule has 1 N–H and O–H groups in total. The number of fused-ring (bicyclic) bond motifs is 1. The topological polar surface area (TPSA) is 24.9 Å². The van der Waals surface area contributed by atoms with E-state index in [1.54, 1.807) is 6.20 Å². The Labute approximate surface area is 120 Å². The molecule has 0 spiro atoms. The first kappa shape index (κ1) is 12.0. The number of rotatable bonds is 2. The van der Waals surface area contributed by atoms with Crippen LogP contribution in [0.5, 0.6) is 0 Å². The number of hydrogen-bond donors (Lipinski definition) is 1. The van der Waals surface area contributed by atoms with E-state index in [2.05, 4.69) is 38.4 Å². The van der Waals surface area contributed by atoms with Gasteiger partial charge in [0.25, 0.3) is 0 Å². The van der Waals surface area contributed by atoms with Gasteiger partial charge in [-0.15, -0.1) is 0 Å². The van der Waals surface area contributed by atoms with E-state index >= 15 is 0 Å². The summed E-state index contributed by atoms with van der Waals surface area (Å²) in [5.74, 6) is 0. The van der Waals surface area contributed by atoms with Gasteiger partial charge in [-0.05, 0) is 64.2 Å². The van der Waals surface area contributed by atoms with Gasteiger partial charge in [0.15, 0.2) is 0 Å². The predicted molar refractivity (Wildman–Crippen MR) is 78.1 cm³/mol. The van der Waals surface area contributed by atoms with Crippen LogP contribution >= 0.6 is 27.5 Å². The van der Waals surface area contributed by atoms with Crippen LogP contribution in [0, 0.1) is 0 Å². The van der Waals surface area contributed by atoms with Crippen LogP contribution in [0.4, 0.5) is 5.69 Å². The highest BCUT2D eigenvalue weighted by Gasteiger charge is 2.22. The summed E-state index contributed by atoms with van der Waals surface area (Å²) in [4.78, 5) is 4.22. The first-order valence-corrected chi connectivity index (χ1v) is 7.06. The molecule has 2 nitrogen and oxygen atoms in total. The molecule has 3 rings (SSSR count). The molecule has 1 unspecified atom stereocenters. The van der Waals surface area contributed by atoms with Gasteiger partial charge in [-0.2, -0.15) is 0 Å². The predicted octanol–water partition coefficient (Wildman–Crippen LogP) is 4.60. The number of nitrogens with one attached hydrogen (secondary N) is 1. The van der Waals surface area contributed by atoms with Crippen molar-refractivity contribution >= 4 is 33.2 Å². The zero-order valence-electron chi connectivity index (χ0n) is 9.66. The molecule has 0 saturated carbocycles. The third-order valence-electron chi connectivity index (χ3n) is 3.27. The van der Waals surface area contributed by atoms with Crippen molar-refractivity contribution in [1.29, 1.82) is 0 Å². The first-order valence-electron chi connectivity index (χ1n) is 5.89. The minimum atomic E-state index is 0.345. The van der Waals surface area contributed by atoms with Crippen LogP contribution in [0.3, 0.4) is 0 Å². The summed E-state index contributed by atoms with van der Waals surface area (Å²) in [6.07, 6.45) is 3.94. The van der Waals surface area contributed by atoms with E-state index in [0.29, 0.717) is 6.04 Å². The fraction of sp³-hybridized carbons (Fsp3) is 0.214. The molecule has 0 aliphatic heterocycles. The van der Waals surface area contributed by atoms with Gasteiger partial charge < -0.3 is 5.32 Å². The number of hydrogen-bond acceptors (Lipinski definition) is 2. The molecular formula is C14H12BrClN2. The fourth-order valence-electron chi connectivity index (χ4n) is 2.42. The van der Waals surface area contributed by atoms with E-state index in [-0.39, 0.29) is 0 Å². The summed E-state index contributed by atoms with van der Waals surface area (Å²) >= 11 is 9.48. The van der Waals surface area contributed by atoms with E-state index in [9.17, 15) is 0 Å². The van der Waals surface area contributed by atoms with Crippen LogP contribution in [0.25, 0.3) is 0 Å². The highest BCUT2D eigenvalue weighted by atomic mass is 79.9. The lowest BCUT2D eigenvalue weighted by Gasteiger charge is -2.16. The number of benzene rings is 1. The fourth-order valence-corrected chi connectivity index (χ4v) is 2.98. The molecule has 2 aromatic rings. The van der Waals surface area contributed by atoms with Gasteiger partial charge in [0.2, 0.25) is 0 Å². The maximum atomic E-state index is 6.02. The van der Waals surface area contributed by atoms with E-state index in [0.717, 1.165) is 28.2 Å². The lowest BCUT2D eigenvalue weighted by Crippen LogP contribution is -2.07. The Hall–Kier alpha value is -1.06. The van der Waals surface area contributed by atoms with Gasteiger partial charge in [0, 0.05) is 11.2 Å². The van der Waals surface area contributed by atoms with Crippen molar-refractivity contribution in [2.24, 2.45) is 0 Å². The Morgan fingerprint density at radius 2 is 2.22 bits per heavy atom. The van der Waals surface area contributed by atoms with Crippen molar-refractivity contribution in [3.05, 3.63) is 57.3 Å². The summed E-state index contributed by atoms with van der Waals surface area (Å²) in [6, 6.07) is 10.5. The molecule has 0 amide bonds. The third kappa shape index (κ3) is 2.25. The Bertz CT molecular complexity index is 586.